The van der Waals surface area contributed by atoms with E-state index < -0.39 is 10.8 Å². The number of hydrogen-bond donors (Lipinski definition) is 1. The van der Waals surface area contributed by atoms with Crippen molar-refractivity contribution in [3.05, 3.63) is 48.0 Å². The SMILES string of the molecule is CCNC(CS(=O)C(C)(C)C)c1ccc2ccccc2c1. The van der Waals surface area contributed by atoms with Crippen LogP contribution >= 0.6 is 0 Å². The molecule has 0 heterocycles. The van der Waals surface area contributed by atoms with Gasteiger partial charge in [0.05, 0.1) is 0 Å². The maximum Gasteiger partial charge on any atom is 0.0437 e. The first kappa shape index (κ1) is 16.2. The summed E-state index contributed by atoms with van der Waals surface area (Å²) in [5.74, 6) is 0.648. The van der Waals surface area contributed by atoms with E-state index in [1.807, 2.05) is 20.8 Å². The van der Waals surface area contributed by atoms with Gasteiger partial charge in [-0.2, -0.15) is 0 Å². The molecule has 0 bridgehead atoms. The lowest BCUT2D eigenvalue weighted by molar-refractivity contribution is 0.584. The van der Waals surface area contributed by atoms with Crippen molar-refractivity contribution in [3.8, 4) is 0 Å². The highest BCUT2D eigenvalue weighted by Crippen LogP contribution is 2.23. The molecule has 0 saturated heterocycles. The second kappa shape index (κ2) is 6.71. The number of benzene rings is 2. The van der Waals surface area contributed by atoms with Crippen LogP contribution in [0, 0.1) is 0 Å². The van der Waals surface area contributed by atoms with Crippen LogP contribution in [0.1, 0.15) is 39.3 Å². The van der Waals surface area contributed by atoms with Gasteiger partial charge < -0.3 is 5.32 Å². The van der Waals surface area contributed by atoms with Crippen molar-refractivity contribution in [1.82, 2.24) is 5.32 Å². The van der Waals surface area contributed by atoms with Crippen LogP contribution in [-0.2, 0) is 10.8 Å². The van der Waals surface area contributed by atoms with Gasteiger partial charge in [0, 0.05) is 27.3 Å². The lowest BCUT2D eigenvalue weighted by Crippen LogP contribution is -2.32. The normalized spacial score (nSPS) is 15.0. The Labute approximate surface area is 130 Å². The van der Waals surface area contributed by atoms with E-state index in [-0.39, 0.29) is 10.8 Å². The molecule has 0 aliphatic carbocycles. The first-order valence-electron chi connectivity index (χ1n) is 7.52. The minimum atomic E-state index is -0.866. The summed E-state index contributed by atoms with van der Waals surface area (Å²) in [6.45, 7) is 9.07. The second-order valence-electron chi connectivity index (χ2n) is 6.34. The van der Waals surface area contributed by atoms with Crippen LogP contribution in [0.4, 0.5) is 0 Å². The summed E-state index contributed by atoms with van der Waals surface area (Å²) < 4.78 is 12.3. The van der Waals surface area contributed by atoms with Crippen molar-refractivity contribution in [3.63, 3.8) is 0 Å². The number of hydrogen-bond acceptors (Lipinski definition) is 2. The molecule has 0 aliphatic heterocycles. The van der Waals surface area contributed by atoms with E-state index >= 15 is 0 Å². The lowest BCUT2D eigenvalue weighted by Gasteiger charge is -2.24. The van der Waals surface area contributed by atoms with Gasteiger partial charge in [0.25, 0.3) is 0 Å². The molecule has 0 aromatic heterocycles. The quantitative estimate of drug-likeness (QED) is 0.903. The Morgan fingerprint density at radius 1 is 1.10 bits per heavy atom. The Kier molecular flexibility index (Phi) is 5.17. The summed E-state index contributed by atoms with van der Waals surface area (Å²) in [6.07, 6.45) is 0. The summed E-state index contributed by atoms with van der Waals surface area (Å²) in [7, 11) is -0.866. The van der Waals surface area contributed by atoms with Gasteiger partial charge in [-0.1, -0.05) is 43.3 Å². The number of nitrogens with one attached hydrogen (secondary N) is 1. The molecule has 0 fully saturated rings. The van der Waals surface area contributed by atoms with Gasteiger partial charge in [0.2, 0.25) is 0 Å². The monoisotopic (exact) mass is 303 g/mol. The predicted octanol–water partition coefficient (Wildman–Crippen LogP) is 4.04. The Balaban J connectivity index is 2.29. The number of fused-ring (bicyclic) bond motifs is 1. The zero-order valence-electron chi connectivity index (χ0n) is 13.3. The molecule has 114 valence electrons. The minimum absolute atomic E-state index is 0.139. The first-order chi connectivity index (χ1) is 9.91. The molecule has 2 unspecified atom stereocenters. The van der Waals surface area contributed by atoms with E-state index in [1.165, 1.54) is 16.3 Å². The molecular weight excluding hydrogens is 278 g/mol. The van der Waals surface area contributed by atoms with Crippen molar-refractivity contribution in [2.24, 2.45) is 0 Å². The van der Waals surface area contributed by atoms with Gasteiger partial charge >= 0.3 is 0 Å². The standard InChI is InChI=1S/C18H25NOS/c1-5-19-17(13-21(20)18(2,3)4)16-11-10-14-8-6-7-9-15(14)12-16/h6-12,17,19H,5,13H2,1-4H3. The highest BCUT2D eigenvalue weighted by atomic mass is 32.2. The highest BCUT2D eigenvalue weighted by molar-refractivity contribution is 7.86. The van der Waals surface area contributed by atoms with Gasteiger partial charge in [-0.25, -0.2) is 0 Å². The predicted molar refractivity (Wildman–Crippen MR) is 93.1 cm³/mol. The Bertz CT molecular complexity index is 630. The average molecular weight is 303 g/mol. The van der Waals surface area contributed by atoms with Crippen molar-refractivity contribution < 1.29 is 4.21 Å². The molecular formula is C18H25NOS. The Morgan fingerprint density at radius 3 is 2.38 bits per heavy atom. The molecule has 2 rings (SSSR count). The van der Waals surface area contributed by atoms with Gasteiger partial charge in [-0.15, -0.1) is 0 Å². The van der Waals surface area contributed by atoms with Crippen molar-refractivity contribution in [2.45, 2.75) is 38.5 Å². The van der Waals surface area contributed by atoms with E-state index in [2.05, 4.69) is 54.7 Å². The Hall–Kier alpha value is -1.19. The van der Waals surface area contributed by atoms with E-state index in [1.54, 1.807) is 0 Å². The molecule has 0 aliphatic rings. The molecule has 1 N–H and O–H groups in total. The van der Waals surface area contributed by atoms with E-state index in [9.17, 15) is 4.21 Å². The van der Waals surface area contributed by atoms with Crippen LogP contribution < -0.4 is 5.32 Å². The van der Waals surface area contributed by atoms with Crippen molar-refractivity contribution >= 4 is 21.6 Å². The third kappa shape index (κ3) is 4.14. The average Bonchev–Trinajstić information content (AvgIpc) is 2.45. The van der Waals surface area contributed by atoms with Gasteiger partial charge in [0.15, 0.2) is 0 Å². The molecule has 2 atom stereocenters. The molecule has 0 amide bonds. The first-order valence-corrected chi connectivity index (χ1v) is 8.84. The molecule has 2 aromatic carbocycles. The second-order valence-corrected chi connectivity index (χ2v) is 8.59. The molecule has 21 heavy (non-hydrogen) atoms. The lowest BCUT2D eigenvalue weighted by atomic mass is 10.0. The van der Waals surface area contributed by atoms with Crippen LogP contribution in [0.3, 0.4) is 0 Å². The van der Waals surface area contributed by atoms with E-state index in [0.29, 0.717) is 5.75 Å². The number of rotatable bonds is 5. The minimum Gasteiger partial charge on any atom is -0.309 e. The van der Waals surface area contributed by atoms with Gasteiger partial charge in [0.1, 0.15) is 0 Å². The maximum absolute atomic E-state index is 12.5. The molecule has 0 spiro atoms. The van der Waals surface area contributed by atoms with E-state index in [0.717, 1.165) is 6.54 Å². The van der Waals surface area contributed by atoms with Crippen LogP contribution in [0.15, 0.2) is 42.5 Å². The van der Waals surface area contributed by atoms with E-state index in [4.69, 9.17) is 0 Å². The summed E-state index contributed by atoms with van der Waals surface area (Å²) in [5, 5.41) is 5.95. The van der Waals surface area contributed by atoms with Gasteiger partial charge in [-0.3, -0.25) is 4.21 Å². The summed E-state index contributed by atoms with van der Waals surface area (Å²) in [6, 6.07) is 15.0. The zero-order valence-corrected chi connectivity index (χ0v) is 14.2. The Morgan fingerprint density at radius 2 is 1.76 bits per heavy atom. The van der Waals surface area contributed by atoms with Crippen molar-refractivity contribution in [1.29, 1.82) is 0 Å². The van der Waals surface area contributed by atoms with Crippen molar-refractivity contribution in [2.75, 3.05) is 12.3 Å². The molecule has 2 nitrogen and oxygen atoms in total. The fraction of sp³-hybridized carbons (Fsp3) is 0.444. The largest absolute Gasteiger partial charge is 0.309 e. The molecule has 2 aromatic rings. The molecule has 0 saturated carbocycles. The van der Waals surface area contributed by atoms with Crippen LogP contribution in [0.2, 0.25) is 0 Å². The zero-order chi connectivity index (χ0) is 15.5. The maximum atomic E-state index is 12.5. The summed E-state index contributed by atoms with van der Waals surface area (Å²) in [4.78, 5) is 0. The van der Waals surface area contributed by atoms with Crippen LogP contribution in [0.5, 0.6) is 0 Å². The smallest absolute Gasteiger partial charge is 0.0437 e. The molecule has 3 heteroatoms. The van der Waals surface area contributed by atoms with Crippen LogP contribution in [-0.4, -0.2) is 21.3 Å². The van der Waals surface area contributed by atoms with Gasteiger partial charge in [-0.05, 0) is 49.7 Å². The fourth-order valence-electron chi connectivity index (χ4n) is 2.35. The highest BCUT2D eigenvalue weighted by Gasteiger charge is 2.23. The summed E-state index contributed by atoms with van der Waals surface area (Å²) in [5.41, 5.74) is 1.22. The third-order valence-electron chi connectivity index (χ3n) is 3.63. The topological polar surface area (TPSA) is 29.1 Å². The molecule has 0 radical (unpaired) electrons. The fourth-order valence-corrected chi connectivity index (χ4v) is 3.46. The summed E-state index contributed by atoms with van der Waals surface area (Å²) >= 11 is 0. The third-order valence-corrected chi connectivity index (χ3v) is 5.63. The van der Waals surface area contributed by atoms with Crippen LogP contribution in [0.25, 0.3) is 10.8 Å².